The highest BCUT2D eigenvalue weighted by Crippen LogP contribution is 2.14. The maximum atomic E-state index is 12.1. The molecule has 0 saturated heterocycles. The first-order chi connectivity index (χ1) is 8.69. The summed E-state index contributed by atoms with van der Waals surface area (Å²) in [5.41, 5.74) is 0. The van der Waals surface area contributed by atoms with Gasteiger partial charge in [0.05, 0.1) is 24.6 Å². The lowest BCUT2D eigenvalue weighted by molar-refractivity contribution is -0.140. The van der Waals surface area contributed by atoms with E-state index in [0.717, 1.165) is 0 Å². The van der Waals surface area contributed by atoms with Crippen molar-refractivity contribution in [2.45, 2.75) is 18.9 Å². The number of hydrogen-bond acceptors (Lipinski definition) is 6. The standard InChI is InChI=1S/C12H17NO4S/c1-17-11(15)5-4-9(13-6-7-14)12(16)10-3-2-8-18-10/h2-3,8-9,13-14H,4-7H2,1H3. The molecule has 18 heavy (non-hydrogen) atoms. The molecule has 100 valence electrons. The van der Waals surface area contributed by atoms with Gasteiger partial charge in [-0.15, -0.1) is 11.3 Å². The van der Waals surface area contributed by atoms with Crippen molar-refractivity contribution >= 4 is 23.1 Å². The number of aliphatic hydroxyl groups is 1. The van der Waals surface area contributed by atoms with Crippen LogP contribution in [0.25, 0.3) is 0 Å². The van der Waals surface area contributed by atoms with Crippen LogP contribution in [0.5, 0.6) is 0 Å². The average Bonchev–Trinajstić information content (AvgIpc) is 2.91. The SMILES string of the molecule is COC(=O)CCC(NCCO)C(=O)c1cccs1. The van der Waals surface area contributed by atoms with E-state index in [0.29, 0.717) is 17.8 Å². The molecular formula is C12H17NO4S. The van der Waals surface area contributed by atoms with Gasteiger partial charge in [-0.1, -0.05) is 6.07 Å². The van der Waals surface area contributed by atoms with E-state index in [-0.39, 0.29) is 24.8 Å². The zero-order valence-electron chi connectivity index (χ0n) is 10.2. The van der Waals surface area contributed by atoms with Crippen molar-refractivity contribution in [3.8, 4) is 0 Å². The molecule has 0 aliphatic carbocycles. The van der Waals surface area contributed by atoms with Crippen molar-refractivity contribution in [1.82, 2.24) is 5.32 Å². The van der Waals surface area contributed by atoms with E-state index in [1.165, 1.54) is 18.4 Å². The summed E-state index contributed by atoms with van der Waals surface area (Å²) in [5.74, 6) is -0.396. The molecule has 0 radical (unpaired) electrons. The van der Waals surface area contributed by atoms with Gasteiger partial charge in [0.15, 0.2) is 5.78 Å². The molecule has 0 aromatic carbocycles. The van der Waals surface area contributed by atoms with Crippen molar-refractivity contribution in [3.05, 3.63) is 22.4 Å². The Morgan fingerprint density at radius 3 is 2.89 bits per heavy atom. The number of esters is 1. The highest BCUT2D eigenvalue weighted by atomic mass is 32.1. The second kappa shape index (κ2) is 7.97. The molecule has 0 bridgehead atoms. The number of hydrogen-bond donors (Lipinski definition) is 2. The minimum Gasteiger partial charge on any atom is -0.469 e. The third-order valence-electron chi connectivity index (χ3n) is 2.45. The summed E-state index contributed by atoms with van der Waals surface area (Å²) >= 11 is 1.36. The fourth-order valence-corrected chi connectivity index (χ4v) is 2.24. The fraction of sp³-hybridized carbons (Fsp3) is 0.500. The predicted molar refractivity (Wildman–Crippen MR) is 68.8 cm³/mol. The van der Waals surface area contributed by atoms with E-state index in [2.05, 4.69) is 10.1 Å². The Balaban J connectivity index is 2.59. The van der Waals surface area contributed by atoms with Crippen LogP contribution in [0.1, 0.15) is 22.5 Å². The molecule has 0 amide bonds. The molecule has 1 rings (SSSR count). The Labute approximate surface area is 110 Å². The summed E-state index contributed by atoms with van der Waals surface area (Å²) in [6.45, 7) is 0.273. The van der Waals surface area contributed by atoms with Gasteiger partial charge in [0.1, 0.15) is 0 Å². The van der Waals surface area contributed by atoms with Gasteiger partial charge in [0.25, 0.3) is 0 Å². The number of carbonyl (C=O) groups is 2. The average molecular weight is 271 g/mol. The Hall–Kier alpha value is -1.24. The quantitative estimate of drug-likeness (QED) is 0.541. The van der Waals surface area contributed by atoms with E-state index >= 15 is 0 Å². The highest BCUT2D eigenvalue weighted by molar-refractivity contribution is 7.12. The summed E-state index contributed by atoms with van der Waals surface area (Å²) in [6.07, 6.45) is 0.542. The number of ether oxygens (including phenoxy) is 1. The second-order valence-electron chi connectivity index (χ2n) is 3.69. The van der Waals surface area contributed by atoms with Crippen LogP contribution in [-0.2, 0) is 9.53 Å². The van der Waals surface area contributed by atoms with Gasteiger partial charge >= 0.3 is 5.97 Å². The van der Waals surface area contributed by atoms with Gasteiger partial charge < -0.3 is 15.2 Å². The molecule has 0 aliphatic heterocycles. The number of nitrogens with one attached hydrogen (secondary N) is 1. The lowest BCUT2D eigenvalue weighted by Crippen LogP contribution is -2.38. The summed E-state index contributed by atoms with van der Waals surface area (Å²) < 4.78 is 4.55. The lowest BCUT2D eigenvalue weighted by Gasteiger charge is -2.15. The number of ketones is 1. The first-order valence-corrected chi connectivity index (χ1v) is 6.55. The zero-order valence-corrected chi connectivity index (χ0v) is 11.0. The maximum Gasteiger partial charge on any atom is 0.305 e. The molecule has 1 unspecified atom stereocenters. The molecule has 0 spiro atoms. The second-order valence-corrected chi connectivity index (χ2v) is 4.63. The minimum atomic E-state index is -0.463. The third-order valence-corrected chi connectivity index (χ3v) is 3.33. The molecule has 1 aromatic rings. The van der Waals surface area contributed by atoms with E-state index in [1.54, 1.807) is 12.1 Å². The largest absolute Gasteiger partial charge is 0.469 e. The number of aliphatic hydroxyl groups excluding tert-OH is 1. The van der Waals surface area contributed by atoms with Crippen molar-refractivity contribution in [2.75, 3.05) is 20.3 Å². The van der Waals surface area contributed by atoms with E-state index in [4.69, 9.17) is 5.11 Å². The summed E-state index contributed by atoms with van der Waals surface area (Å²) in [4.78, 5) is 23.9. The molecule has 2 N–H and O–H groups in total. The Kier molecular flexibility index (Phi) is 6.56. The number of Topliss-reactive ketones (excluding diaryl/α,β-unsaturated/α-hetero) is 1. The molecular weight excluding hydrogens is 254 g/mol. The van der Waals surface area contributed by atoms with Crippen molar-refractivity contribution in [2.24, 2.45) is 0 Å². The van der Waals surface area contributed by atoms with Gasteiger partial charge in [-0.05, 0) is 17.9 Å². The van der Waals surface area contributed by atoms with Crippen LogP contribution in [-0.4, -0.2) is 43.2 Å². The zero-order chi connectivity index (χ0) is 13.4. The molecule has 6 heteroatoms. The minimum absolute atomic E-state index is 0.0492. The summed E-state index contributed by atoms with van der Waals surface area (Å²) in [5, 5.41) is 13.6. The van der Waals surface area contributed by atoms with Gasteiger partial charge in [-0.25, -0.2) is 0 Å². The fourth-order valence-electron chi connectivity index (χ4n) is 1.52. The number of carbonyl (C=O) groups excluding carboxylic acids is 2. The van der Waals surface area contributed by atoms with Crippen LogP contribution < -0.4 is 5.32 Å². The van der Waals surface area contributed by atoms with E-state index < -0.39 is 6.04 Å². The topological polar surface area (TPSA) is 75.6 Å². The predicted octanol–water partition coefficient (Wildman–Crippen LogP) is 0.834. The lowest BCUT2D eigenvalue weighted by atomic mass is 10.1. The molecule has 1 heterocycles. The van der Waals surface area contributed by atoms with Gasteiger partial charge in [0.2, 0.25) is 0 Å². The normalized spacial score (nSPS) is 12.1. The Morgan fingerprint density at radius 1 is 1.56 bits per heavy atom. The Bertz CT molecular complexity index is 377. The first kappa shape index (κ1) is 14.8. The highest BCUT2D eigenvalue weighted by Gasteiger charge is 2.21. The van der Waals surface area contributed by atoms with Crippen LogP contribution >= 0.6 is 11.3 Å². The summed E-state index contributed by atoms with van der Waals surface area (Å²) in [6, 6.07) is 3.09. The molecule has 5 nitrogen and oxygen atoms in total. The monoisotopic (exact) mass is 271 g/mol. The van der Waals surface area contributed by atoms with Crippen molar-refractivity contribution in [3.63, 3.8) is 0 Å². The number of thiophene rings is 1. The van der Waals surface area contributed by atoms with Crippen LogP contribution in [0.2, 0.25) is 0 Å². The molecule has 0 saturated carbocycles. The smallest absolute Gasteiger partial charge is 0.305 e. The van der Waals surface area contributed by atoms with Crippen LogP contribution in [0.15, 0.2) is 17.5 Å². The molecule has 0 fully saturated rings. The van der Waals surface area contributed by atoms with E-state index in [1.807, 2.05) is 5.38 Å². The van der Waals surface area contributed by atoms with Crippen LogP contribution in [0.4, 0.5) is 0 Å². The van der Waals surface area contributed by atoms with Crippen molar-refractivity contribution in [1.29, 1.82) is 0 Å². The molecule has 0 aliphatic rings. The van der Waals surface area contributed by atoms with Crippen LogP contribution in [0, 0.1) is 0 Å². The third kappa shape index (κ3) is 4.56. The van der Waals surface area contributed by atoms with Gasteiger partial charge in [-0.2, -0.15) is 0 Å². The number of methoxy groups -OCH3 is 1. The van der Waals surface area contributed by atoms with Crippen LogP contribution in [0.3, 0.4) is 0 Å². The first-order valence-electron chi connectivity index (χ1n) is 5.67. The van der Waals surface area contributed by atoms with Crippen molar-refractivity contribution < 1.29 is 19.4 Å². The molecule has 1 aromatic heterocycles. The van der Waals surface area contributed by atoms with Gasteiger partial charge in [0, 0.05) is 13.0 Å². The maximum absolute atomic E-state index is 12.1. The number of rotatable bonds is 8. The van der Waals surface area contributed by atoms with E-state index in [9.17, 15) is 9.59 Å². The Morgan fingerprint density at radius 2 is 2.33 bits per heavy atom. The summed E-state index contributed by atoms with van der Waals surface area (Å²) in [7, 11) is 1.32. The van der Waals surface area contributed by atoms with Gasteiger partial charge in [-0.3, -0.25) is 9.59 Å². The molecule has 1 atom stereocenters.